The van der Waals surface area contributed by atoms with Gasteiger partial charge in [-0.25, -0.2) is 0 Å². The van der Waals surface area contributed by atoms with Crippen molar-refractivity contribution in [1.29, 1.82) is 0 Å². The summed E-state index contributed by atoms with van der Waals surface area (Å²) in [5.41, 5.74) is 2.16. The Labute approximate surface area is 238 Å². The number of rotatable bonds is 11. The molecule has 12 heteroatoms. The zero-order valence-corrected chi connectivity index (χ0v) is 23.3. The second kappa shape index (κ2) is 12.3. The van der Waals surface area contributed by atoms with Crippen LogP contribution in [-0.4, -0.2) is 71.1 Å². The minimum Gasteiger partial charge on any atom is -0.494 e. The van der Waals surface area contributed by atoms with Crippen LogP contribution in [0.4, 0.5) is 17.2 Å². The molecule has 3 amide bonds. The van der Waals surface area contributed by atoms with E-state index < -0.39 is 5.91 Å². The van der Waals surface area contributed by atoms with Crippen molar-refractivity contribution in [2.75, 3.05) is 37.9 Å². The van der Waals surface area contributed by atoms with Gasteiger partial charge in [0, 0.05) is 56.8 Å². The summed E-state index contributed by atoms with van der Waals surface area (Å²) in [6, 6.07) is 12.5. The number of nitrogens with one attached hydrogen (secondary N) is 4. The number of carbonyl (C=O) groups excluding carboxylic acids is 3. The number of amides is 3. The average Bonchev–Trinajstić information content (AvgIpc) is 3.81. The maximum absolute atomic E-state index is 13.3. The lowest BCUT2D eigenvalue weighted by Crippen LogP contribution is -2.55. The van der Waals surface area contributed by atoms with E-state index in [0.29, 0.717) is 28.6 Å². The van der Waals surface area contributed by atoms with Crippen molar-refractivity contribution in [2.45, 2.75) is 32.4 Å². The van der Waals surface area contributed by atoms with Crippen LogP contribution in [0.1, 0.15) is 46.3 Å². The van der Waals surface area contributed by atoms with Crippen molar-refractivity contribution in [1.82, 2.24) is 30.7 Å². The molecule has 214 valence electrons. The second-order valence-electron chi connectivity index (χ2n) is 10.4. The normalized spacial score (nSPS) is 15.8. The van der Waals surface area contributed by atoms with Crippen molar-refractivity contribution in [3.63, 3.8) is 0 Å². The molecule has 1 atom stereocenters. The standard InChI is InChI=1S/C29H34N8O4/c1-17(19-14-37(15-19)16-20-7-4-5-12-31-20)32-28(39)21-8-6-9-22(26(21)41-3)33-23-13-24(34-27(38)18-10-11-18)35-36-25(23)29(40)30-2/h4-9,12-13,17-19H,10-11,14-16H2,1-3H3,(H,30,40)(H,32,39)(H2,33,34,35,38). The fourth-order valence-electron chi connectivity index (χ4n) is 4.77. The molecule has 1 unspecified atom stereocenters. The van der Waals surface area contributed by atoms with Crippen molar-refractivity contribution in [2.24, 2.45) is 11.8 Å². The number of benzene rings is 1. The van der Waals surface area contributed by atoms with E-state index in [0.717, 1.165) is 38.2 Å². The first-order valence-corrected chi connectivity index (χ1v) is 13.6. The molecule has 0 bridgehead atoms. The Morgan fingerprint density at radius 3 is 2.54 bits per heavy atom. The van der Waals surface area contributed by atoms with Gasteiger partial charge in [-0.3, -0.25) is 24.3 Å². The molecule has 1 aromatic carbocycles. The van der Waals surface area contributed by atoms with Gasteiger partial charge in [0.25, 0.3) is 11.8 Å². The number of aromatic nitrogens is 3. The maximum Gasteiger partial charge on any atom is 0.273 e. The molecule has 2 aliphatic rings. The minimum absolute atomic E-state index is 0.0200. The SMILES string of the molecule is CNC(=O)c1nnc(NC(=O)C2CC2)cc1Nc1cccc(C(=O)NC(C)C2CN(Cc3ccccn3)C2)c1OC. The molecule has 5 rings (SSSR count). The highest BCUT2D eigenvalue weighted by Gasteiger charge is 2.33. The summed E-state index contributed by atoms with van der Waals surface area (Å²) in [5, 5.41) is 19.6. The summed E-state index contributed by atoms with van der Waals surface area (Å²) in [5.74, 6) is -0.0281. The van der Waals surface area contributed by atoms with Crippen LogP contribution in [0.25, 0.3) is 0 Å². The van der Waals surface area contributed by atoms with E-state index in [4.69, 9.17) is 4.74 Å². The third kappa shape index (κ3) is 6.60. The molecule has 1 aliphatic heterocycles. The van der Waals surface area contributed by atoms with Gasteiger partial charge in [-0.2, -0.15) is 0 Å². The number of hydrogen-bond donors (Lipinski definition) is 4. The van der Waals surface area contributed by atoms with E-state index >= 15 is 0 Å². The fraction of sp³-hybridized carbons (Fsp3) is 0.379. The fourth-order valence-corrected chi connectivity index (χ4v) is 4.77. The Balaban J connectivity index is 1.28. The van der Waals surface area contributed by atoms with Gasteiger partial charge in [0.2, 0.25) is 5.91 Å². The molecular formula is C29H34N8O4. The molecule has 12 nitrogen and oxygen atoms in total. The van der Waals surface area contributed by atoms with Crippen molar-refractivity contribution >= 4 is 34.9 Å². The first-order valence-electron chi connectivity index (χ1n) is 13.6. The number of carbonyl (C=O) groups is 3. The highest BCUT2D eigenvalue weighted by atomic mass is 16.5. The summed E-state index contributed by atoms with van der Waals surface area (Å²) >= 11 is 0. The summed E-state index contributed by atoms with van der Waals surface area (Å²) in [6.45, 7) is 4.53. The lowest BCUT2D eigenvalue weighted by Gasteiger charge is -2.42. The summed E-state index contributed by atoms with van der Waals surface area (Å²) in [7, 11) is 2.97. The van der Waals surface area contributed by atoms with Crippen molar-refractivity contribution < 1.29 is 19.1 Å². The summed E-state index contributed by atoms with van der Waals surface area (Å²) < 4.78 is 5.65. The van der Waals surface area contributed by atoms with Crippen LogP contribution in [0.15, 0.2) is 48.7 Å². The van der Waals surface area contributed by atoms with E-state index in [1.165, 1.54) is 14.2 Å². The number of methoxy groups -OCH3 is 1. The van der Waals surface area contributed by atoms with E-state index in [9.17, 15) is 14.4 Å². The third-order valence-corrected chi connectivity index (χ3v) is 7.33. The predicted octanol–water partition coefficient (Wildman–Crippen LogP) is 2.58. The first kappa shape index (κ1) is 28.0. The quantitative estimate of drug-likeness (QED) is 0.278. The molecule has 2 aromatic heterocycles. The monoisotopic (exact) mass is 558 g/mol. The lowest BCUT2D eigenvalue weighted by atomic mass is 9.92. The van der Waals surface area contributed by atoms with Crippen LogP contribution in [0.2, 0.25) is 0 Å². The number of anilines is 3. The highest BCUT2D eigenvalue weighted by Crippen LogP contribution is 2.34. The zero-order chi connectivity index (χ0) is 28.9. The van der Waals surface area contributed by atoms with Gasteiger partial charge in [-0.1, -0.05) is 12.1 Å². The average molecular weight is 559 g/mol. The van der Waals surface area contributed by atoms with E-state index in [1.807, 2.05) is 25.1 Å². The van der Waals surface area contributed by atoms with Crippen molar-refractivity contribution in [3.8, 4) is 5.75 Å². The molecule has 0 radical (unpaired) electrons. The van der Waals surface area contributed by atoms with Gasteiger partial charge in [0.05, 0.1) is 29.7 Å². The largest absolute Gasteiger partial charge is 0.494 e. The molecule has 1 saturated carbocycles. The van der Waals surface area contributed by atoms with Crippen LogP contribution in [0.3, 0.4) is 0 Å². The molecule has 3 heterocycles. The van der Waals surface area contributed by atoms with Crippen LogP contribution in [-0.2, 0) is 11.3 Å². The van der Waals surface area contributed by atoms with E-state index in [-0.39, 0.29) is 35.3 Å². The number of ether oxygens (including phenoxy) is 1. The Hall–Kier alpha value is -4.58. The summed E-state index contributed by atoms with van der Waals surface area (Å²) in [4.78, 5) is 44.8. The molecule has 1 aliphatic carbocycles. The van der Waals surface area contributed by atoms with Gasteiger partial charge in [0.1, 0.15) is 0 Å². The lowest BCUT2D eigenvalue weighted by molar-refractivity contribution is -0.117. The van der Waals surface area contributed by atoms with Crippen molar-refractivity contribution in [3.05, 3.63) is 65.6 Å². The second-order valence-corrected chi connectivity index (χ2v) is 10.4. The molecule has 0 spiro atoms. The van der Waals surface area contributed by atoms with Gasteiger partial charge in [-0.05, 0) is 44.0 Å². The van der Waals surface area contributed by atoms with Crippen LogP contribution < -0.4 is 26.0 Å². The Bertz CT molecular complexity index is 1420. The third-order valence-electron chi connectivity index (χ3n) is 7.33. The predicted molar refractivity (Wildman–Crippen MR) is 153 cm³/mol. The topological polar surface area (TPSA) is 150 Å². The van der Waals surface area contributed by atoms with Gasteiger partial charge in [-0.15, -0.1) is 10.2 Å². The van der Waals surface area contributed by atoms with Gasteiger partial charge in [0.15, 0.2) is 17.3 Å². The van der Waals surface area contributed by atoms with Crippen LogP contribution >= 0.6 is 0 Å². The maximum atomic E-state index is 13.3. The Morgan fingerprint density at radius 1 is 1.05 bits per heavy atom. The van der Waals surface area contributed by atoms with E-state index in [2.05, 4.69) is 41.3 Å². The molecule has 4 N–H and O–H groups in total. The number of likely N-dealkylation sites (tertiary alicyclic amines) is 1. The zero-order valence-electron chi connectivity index (χ0n) is 23.3. The Kier molecular flexibility index (Phi) is 8.39. The minimum atomic E-state index is -0.459. The van der Waals surface area contributed by atoms with E-state index in [1.54, 1.807) is 30.5 Å². The van der Waals surface area contributed by atoms with Crippen LogP contribution in [0, 0.1) is 11.8 Å². The van der Waals surface area contributed by atoms with Gasteiger partial charge >= 0.3 is 0 Å². The smallest absolute Gasteiger partial charge is 0.273 e. The first-order chi connectivity index (χ1) is 19.9. The number of pyridine rings is 1. The Morgan fingerprint density at radius 2 is 1.85 bits per heavy atom. The molecule has 1 saturated heterocycles. The van der Waals surface area contributed by atoms with Gasteiger partial charge < -0.3 is 26.0 Å². The highest BCUT2D eigenvalue weighted by molar-refractivity contribution is 6.02. The molecule has 2 fully saturated rings. The number of para-hydroxylation sites is 1. The molecule has 41 heavy (non-hydrogen) atoms. The molecular weight excluding hydrogens is 524 g/mol. The number of hydrogen-bond acceptors (Lipinski definition) is 9. The van der Waals surface area contributed by atoms with Crippen LogP contribution in [0.5, 0.6) is 5.75 Å². The number of nitrogens with zero attached hydrogens (tertiary/aromatic N) is 4. The molecule has 3 aromatic rings. The summed E-state index contributed by atoms with van der Waals surface area (Å²) in [6.07, 6.45) is 3.48.